The molecule has 26 heavy (non-hydrogen) atoms. The number of hydrogen-bond donors (Lipinski definition) is 2. The summed E-state index contributed by atoms with van der Waals surface area (Å²) in [7, 11) is 0. The number of carbonyl (C=O) groups is 1. The number of allylic oxidation sites excluding steroid dienone is 1. The number of rotatable bonds is 6. The van der Waals surface area contributed by atoms with Gasteiger partial charge in [-0.15, -0.1) is 17.9 Å². The molecular weight excluding hydrogens is 397 g/mol. The summed E-state index contributed by atoms with van der Waals surface area (Å²) >= 11 is 12.1. The maximum Gasteiger partial charge on any atom is 0.260 e. The van der Waals surface area contributed by atoms with Crippen LogP contribution in [0.15, 0.2) is 36.2 Å². The van der Waals surface area contributed by atoms with Crippen LogP contribution in [0.2, 0.25) is 5.02 Å². The standard InChI is InChI=1S/C16H13ClFN5OS2/c1-2-5-23-13(21-22-16(23)25)7-10-8-26-15(19-10)20-14(24)11-4-3-9(17)6-12(11)18/h2-4,6,8H,1,5,7H2,(H,22,25)(H,19,20,24). The summed E-state index contributed by atoms with van der Waals surface area (Å²) in [5.74, 6) is -0.567. The summed E-state index contributed by atoms with van der Waals surface area (Å²) in [6, 6.07) is 3.87. The van der Waals surface area contributed by atoms with Gasteiger partial charge in [0.15, 0.2) is 9.90 Å². The summed E-state index contributed by atoms with van der Waals surface area (Å²) in [5.41, 5.74) is 0.610. The van der Waals surface area contributed by atoms with Crippen LogP contribution >= 0.6 is 35.2 Å². The summed E-state index contributed by atoms with van der Waals surface area (Å²) in [4.78, 5) is 16.5. The third kappa shape index (κ3) is 4.06. The van der Waals surface area contributed by atoms with Crippen molar-refractivity contribution in [3.63, 3.8) is 0 Å². The molecule has 1 amide bonds. The first-order valence-corrected chi connectivity index (χ1v) is 9.10. The van der Waals surface area contributed by atoms with E-state index in [1.54, 1.807) is 11.5 Å². The summed E-state index contributed by atoms with van der Waals surface area (Å²) in [6.45, 7) is 4.23. The fourth-order valence-electron chi connectivity index (χ4n) is 2.25. The SMILES string of the molecule is C=CCn1c(Cc2csc(NC(=O)c3ccc(Cl)cc3F)n2)n[nH]c1=S. The zero-order valence-electron chi connectivity index (χ0n) is 13.3. The number of amides is 1. The third-order valence-electron chi connectivity index (χ3n) is 3.44. The van der Waals surface area contributed by atoms with Gasteiger partial charge in [-0.2, -0.15) is 5.10 Å². The summed E-state index contributed by atoms with van der Waals surface area (Å²) in [6.07, 6.45) is 2.16. The molecule has 134 valence electrons. The van der Waals surface area contributed by atoms with E-state index in [1.807, 2.05) is 4.57 Å². The van der Waals surface area contributed by atoms with Gasteiger partial charge >= 0.3 is 0 Å². The van der Waals surface area contributed by atoms with Crippen molar-refractivity contribution < 1.29 is 9.18 Å². The minimum absolute atomic E-state index is 0.0991. The van der Waals surface area contributed by atoms with Gasteiger partial charge in [0.1, 0.15) is 11.6 Å². The Kier molecular flexibility index (Phi) is 5.60. The molecule has 0 fully saturated rings. The highest BCUT2D eigenvalue weighted by atomic mass is 35.5. The van der Waals surface area contributed by atoms with Crippen molar-refractivity contribution in [2.24, 2.45) is 0 Å². The highest BCUT2D eigenvalue weighted by Gasteiger charge is 2.15. The lowest BCUT2D eigenvalue weighted by molar-refractivity contribution is 0.102. The number of nitrogens with one attached hydrogen (secondary N) is 2. The van der Waals surface area contributed by atoms with Crippen LogP contribution < -0.4 is 5.32 Å². The van der Waals surface area contributed by atoms with E-state index in [4.69, 9.17) is 23.8 Å². The molecule has 2 N–H and O–H groups in total. The van der Waals surface area contributed by atoms with E-state index in [9.17, 15) is 9.18 Å². The van der Waals surface area contributed by atoms with Crippen LogP contribution in [0.5, 0.6) is 0 Å². The molecule has 0 aliphatic heterocycles. The third-order valence-corrected chi connectivity index (χ3v) is 4.79. The van der Waals surface area contributed by atoms with E-state index in [0.29, 0.717) is 34.4 Å². The minimum atomic E-state index is -0.688. The molecule has 3 rings (SSSR count). The number of nitrogens with zero attached hydrogens (tertiary/aromatic N) is 3. The normalized spacial score (nSPS) is 10.7. The van der Waals surface area contributed by atoms with Crippen molar-refractivity contribution in [1.82, 2.24) is 19.7 Å². The van der Waals surface area contributed by atoms with E-state index >= 15 is 0 Å². The topological polar surface area (TPSA) is 75.6 Å². The van der Waals surface area contributed by atoms with Crippen molar-refractivity contribution in [1.29, 1.82) is 0 Å². The Labute approximate surface area is 162 Å². The van der Waals surface area contributed by atoms with Gasteiger partial charge in [0.2, 0.25) is 0 Å². The van der Waals surface area contributed by atoms with Gasteiger partial charge in [0.05, 0.1) is 17.7 Å². The highest BCUT2D eigenvalue weighted by Crippen LogP contribution is 2.20. The molecule has 0 spiro atoms. The van der Waals surface area contributed by atoms with Gasteiger partial charge < -0.3 is 0 Å². The number of H-pyrrole nitrogens is 1. The van der Waals surface area contributed by atoms with Gasteiger partial charge in [0.25, 0.3) is 5.91 Å². The number of anilines is 1. The maximum atomic E-state index is 13.8. The molecule has 1 aromatic carbocycles. The quantitative estimate of drug-likeness (QED) is 0.472. The first kappa shape index (κ1) is 18.4. The average molecular weight is 410 g/mol. The monoisotopic (exact) mass is 409 g/mol. The largest absolute Gasteiger partial charge is 0.300 e. The Morgan fingerprint density at radius 1 is 1.54 bits per heavy atom. The van der Waals surface area contributed by atoms with Crippen molar-refractivity contribution in [2.45, 2.75) is 13.0 Å². The zero-order valence-corrected chi connectivity index (χ0v) is 15.7. The lowest BCUT2D eigenvalue weighted by Gasteiger charge is -2.03. The molecule has 0 atom stereocenters. The minimum Gasteiger partial charge on any atom is -0.300 e. The first-order valence-electron chi connectivity index (χ1n) is 7.43. The molecule has 0 unspecified atom stereocenters. The Bertz CT molecular complexity index is 1030. The Morgan fingerprint density at radius 2 is 2.35 bits per heavy atom. The predicted octanol–water partition coefficient (Wildman–Crippen LogP) is 4.22. The number of hydrogen-bond acceptors (Lipinski definition) is 5. The number of halogens is 2. The van der Waals surface area contributed by atoms with Crippen LogP contribution in [-0.2, 0) is 13.0 Å². The average Bonchev–Trinajstić information content (AvgIpc) is 3.16. The fraction of sp³-hybridized carbons (Fsp3) is 0.125. The fourth-order valence-corrected chi connectivity index (χ4v) is 3.34. The van der Waals surface area contributed by atoms with Crippen LogP contribution in [0.25, 0.3) is 0 Å². The van der Waals surface area contributed by atoms with Crippen LogP contribution in [0.1, 0.15) is 21.9 Å². The second-order valence-corrected chi connectivity index (χ2v) is 6.92. The number of aromatic amines is 1. The maximum absolute atomic E-state index is 13.8. The second kappa shape index (κ2) is 7.90. The summed E-state index contributed by atoms with van der Waals surface area (Å²) < 4.78 is 16.1. The van der Waals surface area contributed by atoms with Gasteiger partial charge in [-0.3, -0.25) is 19.8 Å². The van der Waals surface area contributed by atoms with Crippen LogP contribution in [-0.4, -0.2) is 25.7 Å². The van der Waals surface area contributed by atoms with E-state index in [2.05, 4.69) is 27.1 Å². The van der Waals surface area contributed by atoms with Crippen LogP contribution in [0, 0.1) is 10.6 Å². The molecule has 0 radical (unpaired) electrons. The van der Waals surface area contributed by atoms with E-state index in [1.165, 1.54) is 23.5 Å². The first-order chi connectivity index (χ1) is 12.5. The predicted molar refractivity (Wildman–Crippen MR) is 102 cm³/mol. The van der Waals surface area contributed by atoms with Crippen LogP contribution in [0.3, 0.4) is 0 Å². The Balaban J connectivity index is 1.73. The van der Waals surface area contributed by atoms with Gasteiger partial charge in [-0.05, 0) is 30.4 Å². The molecule has 2 heterocycles. The van der Waals surface area contributed by atoms with E-state index in [0.717, 1.165) is 6.07 Å². The number of thiazole rings is 1. The molecule has 0 aliphatic rings. The highest BCUT2D eigenvalue weighted by molar-refractivity contribution is 7.71. The molecule has 6 nitrogen and oxygen atoms in total. The van der Waals surface area contributed by atoms with Gasteiger partial charge in [0, 0.05) is 16.9 Å². The van der Waals surface area contributed by atoms with Crippen LogP contribution in [0.4, 0.5) is 9.52 Å². The zero-order chi connectivity index (χ0) is 18.7. The van der Waals surface area contributed by atoms with Crippen molar-refractivity contribution >= 4 is 46.2 Å². The second-order valence-electron chi connectivity index (χ2n) is 5.24. The number of carbonyl (C=O) groups excluding carboxylic acids is 1. The molecule has 2 aromatic heterocycles. The van der Waals surface area contributed by atoms with Crippen molar-refractivity contribution in [2.75, 3.05) is 5.32 Å². The molecule has 0 saturated carbocycles. The molecule has 10 heteroatoms. The molecule has 3 aromatic rings. The molecule has 0 aliphatic carbocycles. The smallest absolute Gasteiger partial charge is 0.260 e. The number of aromatic nitrogens is 4. The van der Waals surface area contributed by atoms with Crippen molar-refractivity contribution in [3.05, 3.63) is 68.9 Å². The van der Waals surface area contributed by atoms with Crippen molar-refractivity contribution in [3.8, 4) is 0 Å². The summed E-state index contributed by atoms with van der Waals surface area (Å²) in [5, 5.41) is 11.9. The molecule has 0 bridgehead atoms. The van der Waals surface area contributed by atoms with E-state index in [-0.39, 0.29) is 10.6 Å². The molecule has 0 saturated heterocycles. The molecular formula is C16H13ClFN5OS2. The lowest BCUT2D eigenvalue weighted by atomic mass is 10.2. The lowest BCUT2D eigenvalue weighted by Crippen LogP contribution is -2.13. The van der Waals surface area contributed by atoms with Gasteiger partial charge in [-0.25, -0.2) is 9.37 Å². The van der Waals surface area contributed by atoms with Gasteiger partial charge in [-0.1, -0.05) is 17.7 Å². The Morgan fingerprint density at radius 3 is 3.08 bits per heavy atom. The van der Waals surface area contributed by atoms with E-state index < -0.39 is 11.7 Å². The number of benzene rings is 1. The Hall–Kier alpha value is -2.36.